The Balaban J connectivity index is 2.74. The number of pyridine rings is 1. The summed E-state index contributed by atoms with van der Waals surface area (Å²) in [4.78, 5) is 0. The minimum atomic E-state index is 0.845. The first-order chi connectivity index (χ1) is 5.36. The summed E-state index contributed by atoms with van der Waals surface area (Å²) in [6, 6.07) is 3.89. The minimum Gasteiger partial charge on any atom is -0.491 e. The van der Waals surface area contributed by atoms with Crippen molar-refractivity contribution in [3.63, 3.8) is 0 Å². The minimum absolute atomic E-state index is 0.845. The Labute approximate surface area is 72.2 Å². The molecule has 0 bridgehead atoms. The van der Waals surface area contributed by atoms with Crippen molar-refractivity contribution in [2.45, 2.75) is 6.54 Å². The van der Waals surface area contributed by atoms with Crippen LogP contribution in [-0.4, -0.2) is 12.9 Å². The van der Waals surface area contributed by atoms with Crippen molar-refractivity contribution in [2.24, 2.45) is 0 Å². The van der Waals surface area contributed by atoms with Crippen LogP contribution in [-0.2, 0) is 6.54 Å². The van der Waals surface area contributed by atoms with Crippen molar-refractivity contribution in [3.8, 4) is 5.75 Å². The van der Waals surface area contributed by atoms with E-state index in [0.717, 1.165) is 18.0 Å². The second kappa shape index (κ2) is 4.23. The van der Waals surface area contributed by atoms with Crippen molar-refractivity contribution in [1.29, 1.82) is 0 Å². The highest BCUT2D eigenvalue weighted by molar-refractivity contribution is 7.80. The van der Waals surface area contributed by atoms with Crippen molar-refractivity contribution in [2.75, 3.05) is 12.9 Å². The highest BCUT2D eigenvalue weighted by Crippen LogP contribution is 2.02. The Hall–Kier alpha value is -0.700. The van der Waals surface area contributed by atoms with Crippen molar-refractivity contribution < 1.29 is 9.30 Å². The molecule has 1 aromatic heterocycles. The third-order valence-corrected chi connectivity index (χ3v) is 1.62. The fraction of sp³-hybridized carbons (Fsp3) is 0.375. The Morgan fingerprint density at radius 2 is 2.45 bits per heavy atom. The summed E-state index contributed by atoms with van der Waals surface area (Å²) in [6.45, 7) is 0.917. The summed E-state index contributed by atoms with van der Waals surface area (Å²) in [7, 11) is 1.67. The molecule has 0 radical (unpaired) electrons. The van der Waals surface area contributed by atoms with Gasteiger partial charge in [0.1, 0.15) is 0 Å². The maximum Gasteiger partial charge on any atom is 0.211 e. The summed E-state index contributed by atoms with van der Waals surface area (Å²) in [5.74, 6) is 1.73. The molecule has 0 atom stereocenters. The zero-order valence-corrected chi connectivity index (χ0v) is 7.42. The number of ether oxygens (including phenoxy) is 1. The summed E-state index contributed by atoms with van der Waals surface area (Å²) in [5, 5.41) is 0. The first-order valence-electron chi connectivity index (χ1n) is 3.51. The fourth-order valence-corrected chi connectivity index (χ4v) is 1.10. The molecule has 0 aliphatic heterocycles. The maximum absolute atomic E-state index is 5.06. The van der Waals surface area contributed by atoms with Gasteiger partial charge in [-0.2, -0.15) is 12.6 Å². The highest BCUT2D eigenvalue weighted by Gasteiger charge is 1.99. The van der Waals surface area contributed by atoms with Gasteiger partial charge < -0.3 is 4.74 Å². The van der Waals surface area contributed by atoms with Crippen LogP contribution in [0.3, 0.4) is 0 Å². The molecule has 1 heterocycles. The molecule has 0 spiro atoms. The molecule has 0 aliphatic carbocycles. The summed E-state index contributed by atoms with van der Waals surface area (Å²) >= 11 is 4.13. The second-order valence-electron chi connectivity index (χ2n) is 2.21. The van der Waals surface area contributed by atoms with Crippen LogP contribution in [0, 0.1) is 0 Å². The van der Waals surface area contributed by atoms with Crippen LogP contribution in [0.25, 0.3) is 0 Å². The van der Waals surface area contributed by atoms with Crippen LogP contribution in [0.1, 0.15) is 0 Å². The monoisotopic (exact) mass is 170 g/mol. The molecule has 0 fully saturated rings. The Bertz CT molecular complexity index is 227. The third kappa shape index (κ3) is 2.42. The fourth-order valence-electron chi connectivity index (χ4n) is 0.873. The normalized spacial score (nSPS) is 9.64. The smallest absolute Gasteiger partial charge is 0.211 e. The number of aromatic nitrogens is 1. The number of rotatable bonds is 3. The molecule has 0 aromatic carbocycles. The van der Waals surface area contributed by atoms with Crippen LogP contribution >= 0.6 is 12.6 Å². The van der Waals surface area contributed by atoms with Crippen molar-refractivity contribution in [1.82, 2.24) is 0 Å². The first kappa shape index (κ1) is 8.40. The standard InChI is InChI=1S/C8H11NOS/c1-10-8-3-2-4-9(7-8)5-6-11/h2-4,7H,5-6H2,1H3/p+1. The molecule has 0 aliphatic rings. The lowest BCUT2D eigenvalue weighted by molar-refractivity contribution is -0.692. The molecular formula is C8H12NOS+. The van der Waals surface area contributed by atoms with E-state index in [4.69, 9.17) is 4.74 Å². The van der Waals surface area contributed by atoms with Crippen molar-refractivity contribution >= 4 is 12.6 Å². The van der Waals surface area contributed by atoms with Gasteiger partial charge in [-0.3, -0.25) is 0 Å². The van der Waals surface area contributed by atoms with Crippen molar-refractivity contribution in [3.05, 3.63) is 24.5 Å². The molecule has 0 N–H and O–H groups in total. The zero-order chi connectivity index (χ0) is 8.10. The molecule has 0 saturated heterocycles. The number of hydrogen-bond acceptors (Lipinski definition) is 2. The van der Waals surface area contributed by atoms with Crippen LogP contribution in [0.2, 0.25) is 0 Å². The van der Waals surface area contributed by atoms with E-state index in [1.54, 1.807) is 7.11 Å². The van der Waals surface area contributed by atoms with E-state index in [0.29, 0.717) is 0 Å². The van der Waals surface area contributed by atoms with E-state index in [1.165, 1.54) is 0 Å². The summed E-state index contributed by atoms with van der Waals surface area (Å²) < 4.78 is 7.10. The van der Waals surface area contributed by atoms with E-state index < -0.39 is 0 Å². The quantitative estimate of drug-likeness (QED) is 0.525. The second-order valence-corrected chi connectivity index (χ2v) is 2.65. The Morgan fingerprint density at radius 1 is 1.64 bits per heavy atom. The third-order valence-electron chi connectivity index (χ3n) is 1.42. The van der Waals surface area contributed by atoms with E-state index in [9.17, 15) is 0 Å². The van der Waals surface area contributed by atoms with Gasteiger partial charge in [0.15, 0.2) is 18.5 Å². The molecule has 0 unspecified atom stereocenters. The molecular weight excluding hydrogens is 158 g/mol. The average Bonchev–Trinajstić information content (AvgIpc) is 2.06. The lowest BCUT2D eigenvalue weighted by Crippen LogP contribution is -2.33. The van der Waals surface area contributed by atoms with Gasteiger partial charge >= 0.3 is 0 Å². The van der Waals surface area contributed by atoms with Crippen LogP contribution in [0.4, 0.5) is 0 Å². The maximum atomic E-state index is 5.06. The van der Waals surface area contributed by atoms with E-state index in [2.05, 4.69) is 12.6 Å². The molecule has 60 valence electrons. The molecule has 3 heteroatoms. The number of methoxy groups -OCH3 is 1. The SMILES string of the molecule is COc1ccc[n+](CCS)c1. The highest BCUT2D eigenvalue weighted by atomic mass is 32.1. The van der Waals surface area contributed by atoms with Crippen LogP contribution in [0.15, 0.2) is 24.5 Å². The first-order valence-corrected chi connectivity index (χ1v) is 4.14. The Kier molecular flexibility index (Phi) is 3.23. The Morgan fingerprint density at radius 3 is 3.09 bits per heavy atom. The molecule has 2 nitrogen and oxygen atoms in total. The van der Waals surface area contributed by atoms with Gasteiger partial charge in [0.05, 0.1) is 7.11 Å². The number of aryl methyl sites for hydroxylation is 1. The van der Waals surface area contributed by atoms with Gasteiger partial charge in [0.25, 0.3) is 0 Å². The van der Waals surface area contributed by atoms with E-state index in [1.807, 2.05) is 29.1 Å². The number of thiol groups is 1. The summed E-state index contributed by atoms with van der Waals surface area (Å²) in [6.07, 6.45) is 3.95. The van der Waals surface area contributed by atoms with Gasteiger partial charge in [0, 0.05) is 11.8 Å². The molecule has 1 rings (SSSR count). The zero-order valence-electron chi connectivity index (χ0n) is 6.53. The van der Waals surface area contributed by atoms with Gasteiger partial charge in [-0.05, 0) is 6.07 Å². The van der Waals surface area contributed by atoms with Gasteiger partial charge in [-0.15, -0.1) is 0 Å². The number of nitrogens with zero attached hydrogens (tertiary/aromatic N) is 1. The topological polar surface area (TPSA) is 13.1 Å². The van der Waals surface area contributed by atoms with Gasteiger partial charge in [-0.1, -0.05) is 0 Å². The van der Waals surface area contributed by atoms with Gasteiger partial charge in [0.2, 0.25) is 6.20 Å². The molecule has 0 saturated carbocycles. The largest absolute Gasteiger partial charge is 0.491 e. The van der Waals surface area contributed by atoms with Crippen LogP contribution < -0.4 is 9.30 Å². The van der Waals surface area contributed by atoms with E-state index >= 15 is 0 Å². The summed E-state index contributed by atoms with van der Waals surface area (Å²) in [5.41, 5.74) is 0. The lowest BCUT2D eigenvalue weighted by atomic mass is 10.4. The predicted molar refractivity (Wildman–Crippen MR) is 47.0 cm³/mol. The van der Waals surface area contributed by atoms with Gasteiger partial charge in [-0.25, -0.2) is 4.57 Å². The number of hydrogen-bond donors (Lipinski definition) is 1. The average molecular weight is 170 g/mol. The van der Waals surface area contributed by atoms with E-state index in [-0.39, 0.29) is 0 Å². The lowest BCUT2D eigenvalue weighted by Gasteiger charge is -1.96. The molecule has 11 heavy (non-hydrogen) atoms. The predicted octanol–water partition coefficient (Wildman–Crippen LogP) is 0.912. The molecule has 1 aromatic rings. The molecule has 0 amide bonds. The van der Waals surface area contributed by atoms with Crippen LogP contribution in [0.5, 0.6) is 5.75 Å².